The van der Waals surface area contributed by atoms with Crippen molar-refractivity contribution >= 4 is 27.7 Å². The van der Waals surface area contributed by atoms with Crippen molar-refractivity contribution in [1.82, 2.24) is 15.3 Å². The molecule has 0 aliphatic rings. The first-order valence-corrected chi connectivity index (χ1v) is 6.74. The number of nitrogens with one attached hydrogen (secondary N) is 2. The van der Waals surface area contributed by atoms with Crippen LogP contribution in [0.5, 0.6) is 0 Å². The zero-order valence-electron chi connectivity index (χ0n) is 10.8. The molecule has 2 aromatic rings. The minimum atomic E-state index is -0.261. The molecule has 0 fully saturated rings. The molecule has 104 valence electrons. The predicted octanol–water partition coefficient (Wildman–Crippen LogP) is 2.02. The maximum atomic E-state index is 12.3. The maximum Gasteiger partial charge on any atom is 0.255 e. The summed E-state index contributed by atoms with van der Waals surface area (Å²) >= 11 is 3.28. The number of nitrogen functional groups attached to an aromatic ring is 1. The molecule has 0 bridgehead atoms. The second kappa shape index (κ2) is 6.44. The van der Waals surface area contributed by atoms with E-state index in [1.165, 1.54) is 0 Å². The predicted molar refractivity (Wildman–Crippen MR) is 79.9 cm³/mol. The molecule has 2 aromatic heterocycles. The number of pyridine rings is 2. The van der Waals surface area contributed by atoms with E-state index in [1.807, 2.05) is 19.1 Å². The summed E-state index contributed by atoms with van der Waals surface area (Å²) in [5.41, 5.74) is 3.71. The van der Waals surface area contributed by atoms with E-state index in [-0.39, 0.29) is 11.9 Å². The van der Waals surface area contributed by atoms with Gasteiger partial charge >= 0.3 is 0 Å². The van der Waals surface area contributed by atoms with Gasteiger partial charge in [-0.15, -0.1) is 0 Å². The van der Waals surface area contributed by atoms with Gasteiger partial charge < -0.3 is 10.7 Å². The molecule has 0 aliphatic carbocycles. The van der Waals surface area contributed by atoms with Crippen molar-refractivity contribution in [2.24, 2.45) is 5.84 Å². The zero-order chi connectivity index (χ0) is 14.5. The molecule has 20 heavy (non-hydrogen) atoms. The van der Waals surface area contributed by atoms with Gasteiger partial charge in [0.05, 0.1) is 11.6 Å². The van der Waals surface area contributed by atoms with Gasteiger partial charge in [-0.25, -0.2) is 10.8 Å². The Kier molecular flexibility index (Phi) is 4.65. The highest BCUT2D eigenvalue weighted by Gasteiger charge is 2.16. The normalized spacial score (nSPS) is 11.8. The molecular weight excluding hydrogens is 322 g/mol. The molecule has 1 unspecified atom stereocenters. The van der Waals surface area contributed by atoms with Crippen LogP contribution in [-0.2, 0) is 0 Å². The summed E-state index contributed by atoms with van der Waals surface area (Å²) in [6.45, 7) is 1.88. The van der Waals surface area contributed by atoms with Gasteiger partial charge in [-0.2, -0.15) is 0 Å². The van der Waals surface area contributed by atoms with E-state index >= 15 is 0 Å². The number of halogens is 1. The van der Waals surface area contributed by atoms with Crippen molar-refractivity contribution in [2.45, 2.75) is 13.0 Å². The van der Waals surface area contributed by atoms with E-state index in [9.17, 15) is 4.79 Å². The minimum Gasteiger partial charge on any atom is -0.345 e. The number of carbonyl (C=O) groups is 1. The van der Waals surface area contributed by atoms with Crippen molar-refractivity contribution in [3.8, 4) is 0 Å². The summed E-state index contributed by atoms with van der Waals surface area (Å²) in [4.78, 5) is 20.3. The first-order chi connectivity index (χ1) is 9.61. The Balaban J connectivity index is 2.18. The van der Waals surface area contributed by atoms with Crippen LogP contribution in [0.4, 0.5) is 5.82 Å². The Morgan fingerprint density at radius 1 is 1.45 bits per heavy atom. The summed E-state index contributed by atoms with van der Waals surface area (Å²) in [5, 5.41) is 2.88. The Hall–Kier alpha value is -1.99. The maximum absolute atomic E-state index is 12.3. The number of rotatable bonds is 4. The second-order valence-corrected chi connectivity index (χ2v) is 5.09. The van der Waals surface area contributed by atoms with Gasteiger partial charge in [0.1, 0.15) is 0 Å². The Morgan fingerprint density at radius 3 is 2.90 bits per heavy atom. The molecule has 4 N–H and O–H groups in total. The van der Waals surface area contributed by atoms with Crippen LogP contribution in [0.15, 0.2) is 41.3 Å². The Labute approximate surface area is 124 Å². The van der Waals surface area contributed by atoms with E-state index in [0.29, 0.717) is 15.9 Å². The van der Waals surface area contributed by atoms with Crippen molar-refractivity contribution in [2.75, 3.05) is 5.43 Å². The number of nitrogens with two attached hydrogens (primary N) is 1. The van der Waals surface area contributed by atoms with Crippen LogP contribution in [0.25, 0.3) is 0 Å². The smallest absolute Gasteiger partial charge is 0.255 e. The molecule has 2 heterocycles. The molecule has 0 saturated carbocycles. The summed E-state index contributed by atoms with van der Waals surface area (Å²) in [5.74, 6) is 5.42. The van der Waals surface area contributed by atoms with Crippen LogP contribution in [0.1, 0.15) is 28.9 Å². The largest absolute Gasteiger partial charge is 0.345 e. The second-order valence-electron chi connectivity index (χ2n) is 4.18. The van der Waals surface area contributed by atoms with Crippen LogP contribution in [0.3, 0.4) is 0 Å². The van der Waals surface area contributed by atoms with Crippen molar-refractivity contribution in [3.63, 3.8) is 0 Å². The van der Waals surface area contributed by atoms with Crippen LogP contribution >= 0.6 is 15.9 Å². The number of hydrogen-bond donors (Lipinski definition) is 3. The highest BCUT2D eigenvalue weighted by molar-refractivity contribution is 9.10. The Bertz CT molecular complexity index is 605. The van der Waals surface area contributed by atoms with E-state index in [4.69, 9.17) is 5.84 Å². The third-order valence-electron chi connectivity index (χ3n) is 2.77. The first kappa shape index (κ1) is 14.4. The van der Waals surface area contributed by atoms with Crippen molar-refractivity contribution < 1.29 is 4.79 Å². The molecule has 0 saturated heterocycles. The van der Waals surface area contributed by atoms with Crippen LogP contribution in [-0.4, -0.2) is 15.9 Å². The number of hydrogen-bond acceptors (Lipinski definition) is 5. The molecule has 2 rings (SSSR count). The Morgan fingerprint density at radius 2 is 2.25 bits per heavy atom. The molecule has 0 aliphatic heterocycles. The lowest BCUT2D eigenvalue weighted by atomic mass is 10.1. The number of hydrazine groups is 1. The summed E-state index contributed by atoms with van der Waals surface area (Å²) in [7, 11) is 0. The average molecular weight is 336 g/mol. The SMILES string of the molecule is CC(NC(=O)c1cc(Br)cnc1NN)c1cccnc1. The molecule has 1 amide bonds. The van der Waals surface area contributed by atoms with E-state index in [0.717, 1.165) is 5.56 Å². The molecule has 0 spiro atoms. The fourth-order valence-electron chi connectivity index (χ4n) is 1.72. The lowest BCUT2D eigenvalue weighted by Crippen LogP contribution is -2.28. The highest BCUT2D eigenvalue weighted by atomic mass is 79.9. The monoisotopic (exact) mass is 335 g/mol. The van der Waals surface area contributed by atoms with Gasteiger partial charge in [0, 0.05) is 23.1 Å². The fourth-order valence-corrected chi connectivity index (χ4v) is 2.05. The standard InChI is InChI=1S/C13H14BrN5O/c1-8(9-3-2-4-16-6-9)18-13(20)11-5-10(14)7-17-12(11)19-15/h2-8H,15H2,1H3,(H,17,19)(H,18,20). The molecule has 7 heteroatoms. The average Bonchev–Trinajstić information content (AvgIpc) is 2.48. The number of amides is 1. The van der Waals surface area contributed by atoms with Gasteiger partial charge in [-0.05, 0) is 40.5 Å². The molecule has 0 radical (unpaired) electrons. The third-order valence-corrected chi connectivity index (χ3v) is 3.20. The fraction of sp³-hybridized carbons (Fsp3) is 0.154. The van der Waals surface area contributed by atoms with Gasteiger partial charge in [0.2, 0.25) is 0 Å². The highest BCUT2D eigenvalue weighted by Crippen LogP contribution is 2.19. The number of nitrogens with zero attached hydrogens (tertiary/aromatic N) is 2. The lowest BCUT2D eigenvalue weighted by molar-refractivity contribution is 0.0940. The van der Waals surface area contributed by atoms with Gasteiger partial charge in [-0.3, -0.25) is 9.78 Å². The molecule has 1 atom stereocenters. The number of anilines is 1. The van der Waals surface area contributed by atoms with E-state index < -0.39 is 0 Å². The number of aromatic nitrogens is 2. The quantitative estimate of drug-likeness (QED) is 0.587. The van der Waals surface area contributed by atoms with Crippen molar-refractivity contribution in [1.29, 1.82) is 0 Å². The molecular formula is C13H14BrN5O. The summed E-state index contributed by atoms with van der Waals surface area (Å²) in [6, 6.07) is 5.22. The van der Waals surface area contributed by atoms with Crippen LogP contribution in [0.2, 0.25) is 0 Å². The van der Waals surface area contributed by atoms with E-state index in [2.05, 4.69) is 36.6 Å². The zero-order valence-corrected chi connectivity index (χ0v) is 12.4. The van der Waals surface area contributed by atoms with Crippen LogP contribution in [0, 0.1) is 0 Å². The topological polar surface area (TPSA) is 92.9 Å². The minimum absolute atomic E-state index is 0.166. The third kappa shape index (κ3) is 3.31. The molecule has 0 aromatic carbocycles. The summed E-state index contributed by atoms with van der Waals surface area (Å²) in [6.07, 6.45) is 4.97. The summed E-state index contributed by atoms with van der Waals surface area (Å²) < 4.78 is 0.704. The first-order valence-electron chi connectivity index (χ1n) is 5.94. The van der Waals surface area contributed by atoms with Crippen molar-refractivity contribution in [3.05, 3.63) is 52.4 Å². The molecule has 6 nitrogen and oxygen atoms in total. The van der Waals surface area contributed by atoms with Crippen LogP contribution < -0.4 is 16.6 Å². The number of carbonyl (C=O) groups excluding carboxylic acids is 1. The van der Waals surface area contributed by atoms with E-state index in [1.54, 1.807) is 24.7 Å². The van der Waals surface area contributed by atoms with Gasteiger partial charge in [0.25, 0.3) is 5.91 Å². The lowest BCUT2D eigenvalue weighted by Gasteiger charge is -2.15. The van der Waals surface area contributed by atoms with Gasteiger partial charge in [0.15, 0.2) is 5.82 Å². The van der Waals surface area contributed by atoms with Gasteiger partial charge in [-0.1, -0.05) is 6.07 Å².